The molecule has 0 unspecified atom stereocenters. The van der Waals surface area contributed by atoms with Gasteiger partial charge in [-0.15, -0.1) is 0 Å². The van der Waals surface area contributed by atoms with Crippen LogP contribution < -0.4 is 9.47 Å². The number of carboxylic acids is 1. The van der Waals surface area contributed by atoms with E-state index in [9.17, 15) is 4.79 Å². The number of hydrogen-bond donors (Lipinski definition) is 1. The van der Waals surface area contributed by atoms with Gasteiger partial charge in [-0.2, -0.15) is 0 Å². The highest BCUT2D eigenvalue weighted by Crippen LogP contribution is 2.35. The minimum Gasteiger partial charge on any atom is -0.489 e. The van der Waals surface area contributed by atoms with Gasteiger partial charge in [-0.3, -0.25) is 4.79 Å². The molecule has 0 saturated carbocycles. The van der Waals surface area contributed by atoms with Crippen LogP contribution in [-0.2, 0) is 11.3 Å². The summed E-state index contributed by atoms with van der Waals surface area (Å²) in [7, 11) is 0. The second-order valence-electron chi connectivity index (χ2n) is 4.65. The molecule has 0 amide bonds. The molecular weight excluding hydrogens is 292 g/mol. The smallest absolute Gasteiger partial charge is 0.323 e. The van der Waals surface area contributed by atoms with Crippen molar-refractivity contribution in [1.29, 1.82) is 0 Å². The Morgan fingerprint density at radius 3 is 2.76 bits per heavy atom. The van der Waals surface area contributed by atoms with Crippen molar-refractivity contribution in [2.45, 2.75) is 25.0 Å². The summed E-state index contributed by atoms with van der Waals surface area (Å²) in [6.07, 6.45) is 0.832. The lowest BCUT2D eigenvalue weighted by Crippen LogP contribution is -2.09. The number of fused-ring (bicyclic) bond motifs is 2. The highest BCUT2D eigenvalue weighted by atomic mass is 32.2. The quantitative estimate of drug-likeness (QED) is 0.874. The molecule has 6 nitrogen and oxygen atoms in total. The molecule has 112 valence electrons. The number of hydrogen-bond acceptors (Lipinski definition) is 5. The second kappa shape index (κ2) is 5.85. The second-order valence-corrected chi connectivity index (χ2v) is 5.88. The van der Waals surface area contributed by atoms with Crippen LogP contribution in [0.1, 0.15) is 13.3 Å². The molecular formula is C14H16N2O4S. The summed E-state index contributed by atoms with van der Waals surface area (Å²) in [6.45, 7) is 3.11. The van der Waals surface area contributed by atoms with Gasteiger partial charge in [0.25, 0.3) is 0 Å². The maximum atomic E-state index is 11.1. The lowest BCUT2D eigenvalue weighted by atomic mass is 10.2. The highest BCUT2D eigenvalue weighted by molar-refractivity contribution is 7.99. The summed E-state index contributed by atoms with van der Waals surface area (Å²) in [5.41, 5.74) is 1.49. The molecule has 21 heavy (non-hydrogen) atoms. The zero-order chi connectivity index (χ0) is 14.8. The van der Waals surface area contributed by atoms with Crippen molar-refractivity contribution in [3.05, 3.63) is 12.1 Å². The molecule has 1 N–H and O–H groups in total. The Balaban J connectivity index is 2.14. The molecule has 0 fully saturated rings. The number of benzene rings is 1. The SMILES string of the molecule is CCSc1nc2cc3c(cc2n1CC(=O)O)OCCCO3. The minimum atomic E-state index is -0.889. The van der Waals surface area contributed by atoms with Gasteiger partial charge in [-0.05, 0) is 5.75 Å². The number of carboxylic acid groups (broad SMARTS) is 1. The minimum absolute atomic E-state index is 0.113. The molecule has 0 bridgehead atoms. The van der Waals surface area contributed by atoms with Gasteiger partial charge in [0.2, 0.25) is 0 Å². The Kier molecular flexibility index (Phi) is 3.92. The Morgan fingerprint density at radius 2 is 2.10 bits per heavy atom. The number of ether oxygens (including phenoxy) is 2. The number of aliphatic carboxylic acids is 1. The van der Waals surface area contributed by atoms with Crippen LogP contribution in [0.2, 0.25) is 0 Å². The fourth-order valence-corrected chi connectivity index (χ4v) is 3.03. The standard InChI is InChI=1S/C14H16N2O4S/c1-2-21-14-15-9-6-11-12(20-5-3-4-19-11)7-10(9)16(14)8-13(17)18/h6-7H,2-5,8H2,1H3,(H,17,18). The number of imidazole rings is 1. The zero-order valence-electron chi connectivity index (χ0n) is 11.7. The molecule has 3 rings (SSSR count). The van der Waals surface area contributed by atoms with Gasteiger partial charge in [0.05, 0.1) is 24.2 Å². The van der Waals surface area contributed by atoms with Crippen LogP contribution in [0.25, 0.3) is 11.0 Å². The van der Waals surface area contributed by atoms with E-state index in [-0.39, 0.29) is 6.54 Å². The summed E-state index contributed by atoms with van der Waals surface area (Å²) in [6, 6.07) is 3.65. The van der Waals surface area contributed by atoms with Crippen molar-refractivity contribution in [1.82, 2.24) is 9.55 Å². The zero-order valence-corrected chi connectivity index (χ0v) is 12.5. The normalized spacial score (nSPS) is 14.1. The molecule has 2 aromatic rings. The molecule has 1 aliphatic heterocycles. The summed E-state index contributed by atoms with van der Waals surface area (Å²) in [5, 5.41) is 9.81. The lowest BCUT2D eigenvalue weighted by Gasteiger charge is -2.08. The van der Waals surface area contributed by atoms with Gasteiger partial charge in [-0.1, -0.05) is 18.7 Å². The first-order chi connectivity index (χ1) is 10.2. The van der Waals surface area contributed by atoms with E-state index in [0.717, 1.165) is 23.2 Å². The number of carbonyl (C=O) groups is 1. The van der Waals surface area contributed by atoms with Crippen molar-refractivity contribution >= 4 is 28.8 Å². The predicted molar refractivity (Wildman–Crippen MR) is 79.4 cm³/mol. The number of rotatable bonds is 4. The van der Waals surface area contributed by atoms with E-state index >= 15 is 0 Å². The van der Waals surface area contributed by atoms with Crippen molar-refractivity contribution < 1.29 is 19.4 Å². The van der Waals surface area contributed by atoms with Gasteiger partial charge < -0.3 is 19.1 Å². The maximum Gasteiger partial charge on any atom is 0.323 e. The van der Waals surface area contributed by atoms with Crippen LogP contribution in [0.5, 0.6) is 11.5 Å². The van der Waals surface area contributed by atoms with E-state index < -0.39 is 5.97 Å². The van der Waals surface area contributed by atoms with E-state index in [0.29, 0.717) is 29.9 Å². The van der Waals surface area contributed by atoms with Crippen molar-refractivity contribution in [2.24, 2.45) is 0 Å². The Bertz CT molecular complexity index is 683. The van der Waals surface area contributed by atoms with Crippen LogP contribution in [0.4, 0.5) is 0 Å². The first-order valence-electron chi connectivity index (χ1n) is 6.83. The fourth-order valence-electron chi connectivity index (χ4n) is 2.29. The van der Waals surface area contributed by atoms with Crippen LogP contribution in [0, 0.1) is 0 Å². The van der Waals surface area contributed by atoms with Crippen LogP contribution in [-0.4, -0.2) is 39.6 Å². The van der Waals surface area contributed by atoms with Gasteiger partial charge in [0.15, 0.2) is 16.7 Å². The van der Waals surface area contributed by atoms with Gasteiger partial charge >= 0.3 is 5.97 Å². The third kappa shape index (κ3) is 2.78. The third-order valence-electron chi connectivity index (χ3n) is 3.15. The van der Waals surface area contributed by atoms with Crippen LogP contribution in [0.3, 0.4) is 0 Å². The monoisotopic (exact) mass is 308 g/mol. The average molecular weight is 308 g/mol. The summed E-state index contributed by atoms with van der Waals surface area (Å²) in [5.74, 6) is 1.27. The van der Waals surface area contributed by atoms with E-state index in [2.05, 4.69) is 4.98 Å². The van der Waals surface area contributed by atoms with Crippen LogP contribution in [0.15, 0.2) is 17.3 Å². The number of thioether (sulfide) groups is 1. The first kappa shape index (κ1) is 14.1. The summed E-state index contributed by atoms with van der Waals surface area (Å²) >= 11 is 1.52. The fraction of sp³-hybridized carbons (Fsp3) is 0.429. The van der Waals surface area contributed by atoms with E-state index in [1.165, 1.54) is 11.8 Å². The predicted octanol–water partition coefficient (Wildman–Crippen LogP) is 2.39. The molecule has 0 atom stereocenters. The lowest BCUT2D eigenvalue weighted by molar-refractivity contribution is -0.137. The molecule has 0 saturated heterocycles. The topological polar surface area (TPSA) is 73.6 Å². The van der Waals surface area contributed by atoms with Gasteiger partial charge in [0, 0.05) is 18.6 Å². The average Bonchev–Trinajstić information content (AvgIpc) is 2.62. The molecule has 0 radical (unpaired) electrons. The largest absolute Gasteiger partial charge is 0.489 e. The van der Waals surface area contributed by atoms with Crippen molar-refractivity contribution in [3.63, 3.8) is 0 Å². The van der Waals surface area contributed by atoms with E-state index in [1.807, 2.05) is 19.1 Å². The van der Waals surface area contributed by atoms with Crippen molar-refractivity contribution in [2.75, 3.05) is 19.0 Å². The van der Waals surface area contributed by atoms with Crippen molar-refractivity contribution in [3.8, 4) is 11.5 Å². The Morgan fingerprint density at radius 1 is 1.38 bits per heavy atom. The highest BCUT2D eigenvalue weighted by Gasteiger charge is 2.18. The third-order valence-corrected chi connectivity index (χ3v) is 4.01. The maximum absolute atomic E-state index is 11.1. The molecule has 0 spiro atoms. The van der Waals surface area contributed by atoms with Gasteiger partial charge in [-0.25, -0.2) is 4.98 Å². The summed E-state index contributed by atoms with van der Waals surface area (Å²) in [4.78, 5) is 15.6. The Hall–Kier alpha value is -1.89. The van der Waals surface area contributed by atoms with E-state index in [4.69, 9.17) is 14.6 Å². The van der Waals surface area contributed by atoms with Gasteiger partial charge in [0.1, 0.15) is 6.54 Å². The molecule has 1 aliphatic rings. The first-order valence-corrected chi connectivity index (χ1v) is 7.82. The molecule has 1 aromatic carbocycles. The molecule has 1 aromatic heterocycles. The van der Waals surface area contributed by atoms with E-state index in [1.54, 1.807) is 4.57 Å². The molecule has 7 heteroatoms. The summed E-state index contributed by atoms with van der Waals surface area (Å²) < 4.78 is 13.0. The van der Waals surface area contributed by atoms with Crippen LogP contribution >= 0.6 is 11.8 Å². The number of aromatic nitrogens is 2. The molecule has 0 aliphatic carbocycles. The number of nitrogens with zero attached hydrogens (tertiary/aromatic N) is 2. The Labute approximate surface area is 126 Å². The molecule has 2 heterocycles.